The van der Waals surface area contributed by atoms with Crippen LogP contribution in [0.4, 0.5) is 0 Å². The van der Waals surface area contributed by atoms with Gasteiger partial charge in [-0.15, -0.1) is 0 Å². The highest BCUT2D eigenvalue weighted by Crippen LogP contribution is 2.11. The minimum Gasteiger partial charge on any atom is -0.396 e. The van der Waals surface area contributed by atoms with Gasteiger partial charge >= 0.3 is 5.97 Å². The Morgan fingerprint density at radius 1 is 1.14 bits per heavy atom. The molecule has 7 heteroatoms. The fourth-order valence-electron chi connectivity index (χ4n) is 0.300. The summed E-state index contributed by atoms with van der Waals surface area (Å²) in [6.45, 7) is -0.340. The smallest absolute Gasteiger partial charge is 0.314 e. The molecule has 0 heterocycles. The summed E-state index contributed by atoms with van der Waals surface area (Å²) in [5, 5.41) is 34.0. The van der Waals surface area contributed by atoms with E-state index in [0.717, 1.165) is 0 Å². The third kappa shape index (κ3) is 7.10. The zero-order valence-electron chi connectivity index (χ0n) is 7.88. The normalized spacial score (nSPS) is 10.1. The lowest BCUT2D eigenvalue weighted by molar-refractivity contribution is -0.130. The second-order valence-corrected chi connectivity index (χ2v) is 2.90. The summed E-state index contributed by atoms with van der Waals surface area (Å²) in [5.74, 6) is -0.381. The van der Waals surface area contributed by atoms with Gasteiger partial charge in [-0.05, 0) is 0 Å². The average molecular weight is 228 g/mol. The van der Waals surface area contributed by atoms with Gasteiger partial charge in [0.2, 0.25) is 0 Å². The van der Waals surface area contributed by atoms with E-state index in [9.17, 15) is 4.79 Å². The molecule has 0 unspecified atom stereocenters. The van der Waals surface area contributed by atoms with Crippen molar-refractivity contribution < 1.29 is 29.4 Å². The molecule has 0 radical (unpaired) electrons. The van der Waals surface area contributed by atoms with Crippen LogP contribution in [0.3, 0.4) is 0 Å². The van der Waals surface area contributed by atoms with Crippen LogP contribution in [-0.2, 0) is 8.98 Å². The van der Waals surface area contributed by atoms with Crippen LogP contribution in [0.1, 0.15) is 6.92 Å². The number of rotatable bonds is 4. The van der Waals surface area contributed by atoms with E-state index in [1.807, 2.05) is 0 Å². The lowest BCUT2D eigenvalue weighted by Crippen LogP contribution is -2.37. The van der Waals surface area contributed by atoms with Crippen LogP contribution in [0.5, 0.6) is 0 Å². The quantitative estimate of drug-likeness (QED) is 0.291. The number of hydrogen-bond acceptors (Lipinski definition) is 7. The predicted molar refractivity (Wildman–Crippen MR) is 51.5 cm³/mol. The number of carbonyl (C=O) groups excluding carboxylic acids is 1. The van der Waals surface area contributed by atoms with Gasteiger partial charge in [-0.2, -0.15) is 0 Å². The number of aliphatic hydroxyl groups is 4. The lowest BCUT2D eigenvalue weighted by Gasteiger charge is -2.23. The molecule has 4 N–H and O–H groups in total. The molecule has 0 bridgehead atoms. The lowest BCUT2D eigenvalue weighted by atomic mass is 9.93. The molecule has 0 aromatic carbocycles. The Hall–Kier alpha value is -0.340. The molecule has 0 aliphatic heterocycles. The number of thiol groups is 1. The molecule has 0 spiro atoms. The van der Waals surface area contributed by atoms with Crippen LogP contribution in [0.25, 0.3) is 0 Å². The van der Waals surface area contributed by atoms with Gasteiger partial charge in [0.15, 0.2) is 0 Å². The third-order valence-electron chi connectivity index (χ3n) is 1.47. The van der Waals surface area contributed by atoms with E-state index in [1.54, 1.807) is 0 Å². The van der Waals surface area contributed by atoms with Gasteiger partial charge < -0.3 is 24.6 Å². The molecule has 14 heavy (non-hydrogen) atoms. The first kappa shape index (κ1) is 16.1. The maximum atomic E-state index is 9.51. The van der Waals surface area contributed by atoms with Crippen molar-refractivity contribution in [2.75, 3.05) is 26.4 Å². The Morgan fingerprint density at radius 3 is 1.36 bits per heavy atom. The summed E-state index contributed by atoms with van der Waals surface area (Å²) in [6.07, 6.45) is 0. The molecule has 0 fully saturated rings. The number of carbonyl (C=O) groups is 1. The van der Waals surface area contributed by atoms with Crippen molar-refractivity contribution in [1.82, 2.24) is 0 Å². The van der Waals surface area contributed by atoms with Crippen LogP contribution in [0.15, 0.2) is 0 Å². The first-order valence-electron chi connectivity index (χ1n) is 3.77. The SMILES string of the molecule is CC(=O)OS.OCC(CO)(CO)CO. The van der Waals surface area contributed by atoms with E-state index in [2.05, 4.69) is 17.1 Å². The largest absolute Gasteiger partial charge is 0.396 e. The van der Waals surface area contributed by atoms with Gasteiger partial charge in [0.1, 0.15) is 0 Å². The number of aliphatic hydroxyl groups excluding tert-OH is 4. The summed E-state index contributed by atoms with van der Waals surface area (Å²) >= 11 is 3.17. The molecule has 86 valence electrons. The maximum absolute atomic E-state index is 9.51. The van der Waals surface area contributed by atoms with E-state index >= 15 is 0 Å². The van der Waals surface area contributed by atoms with Crippen LogP contribution in [-0.4, -0.2) is 52.8 Å². The molecular formula is C7H16O6S. The zero-order chi connectivity index (χ0) is 11.6. The standard InChI is InChI=1S/C5H12O4.C2H4O2S/c6-1-5(2-7,3-8)4-9;1-2(3)4-5/h6-9H,1-4H2;5H,1H3. The first-order chi connectivity index (χ1) is 6.51. The second-order valence-electron chi connectivity index (χ2n) is 2.72. The summed E-state index contributed by atoms with van der Waals surface area (Å²) in [7, 11) is 0. The van der Waals surface area contributed by atoms with Gasteiger partial charge in [-0.1, -0.05) is 0 Å². The van der Waals surface area contributed by atoms with E-state index in [4.69, 9.17) is 20.4 Å². The third-order valence-corrected chi connectivity index (χ3v) is 1.73. The van der Waals surface area contributed by atoms with E-state index < -0.39 is 31.8 Å². The van der Waals surface area contributed by atoms with Crippen molar-refractivity contribution >= 4 is 18.9 Å². The minimum atomic E-state index is -1.11. The van der Waals surface area contributed by atoms with Crippen LogP contribution < -0.4 is 0 Å². The van der Waals surface area contributed by atoms with E-state index in [-0.39, 0.29) is 5.97 Å². The fourth-order valence-corrected chi connectivity index (χ4v) is 0.300. The Bertz CT molecular complexity index is 130. The van der Waals surface area contributed by atoms with Crippen molar-refractivity contribution in [2.45, 2.75) is 6.92 Å². The fraction of sp³-hybridized carbons (Fsp3) is 0.857. The topological polar surface area (TPSA) is 107 Å². The Morgan fingerprint density at radius 2 is 1.36 bits per heavy atom. The molecule has 0 atom stereocenters. The average Bonchev–Trinajstić information content (AvgIpc) is 2.23. The molecule has 0 saturated carbocycles. The maximum Gasteiger partial charge on any atom is 0.314 e. The minimum absolute atomic E-state index is 0.381. The Balaban J connectivity index is 0. The molecule has 0 aromatic heterocycles. The Kier molecular flexibility index (Phi) is 10.6. The van der Waals surface area contributed by atoms with Gasteiger partial charge in [-0.3, -0.25) is 4.79 Å². The highest BCUT2D eigenvalue weighted by molar-refractivity contribution is 7.75. The highest BCUT2D eigenvalue weighted by Gasteiger charge is 2.26. The van der Waals surface area contributed by atoms with Gasteiger partial charge in [0.05, 0.1) is 31.8 Å². The molecule has 0 amide bonds. The van der Waals surface area contributed by atoms with Crippen molar-refractivity contribution in [3.63, 3.8) is 0 Å². The molecule has 0 aliphatic carbocycles. The van der Waals surface area contributed by atoms with Gasteiger partial charge in [0, 0.05) is 19.8 Å². The first-order valence-corrected chi connectivity index (χ1v) is 4.14. The van der Waals surface area contributed by atoms with Crippen LogP contribution >= 0.6 is 12.9 Å². The second kappa shape index (κ2) is 9.22. The molecule has 0 aromatic rings. The number of hydrogen-bond donors (Lipinski definition) is 5. The van der Waals surface area contributed by atoms with Gasteiger partial charge in [-0.25, -0.2) is 0 Å². The van der Waals surface area contributed by atoms with E-state index in [0.29, 0.717) is 0 Å². The van der Waals surface area contributed by atoms with Crippen molar-refractivity contribution in [1.29, 1.82) is 0 Å². The molecule has 6 nitrogen and oxygen atoms in total. The van der Waals surface area contributed by atoms with Crippen molar-refractivity contribution in [3.05, 3.63) is 0 Å². The van der Waals surface area contributed by atoms with Crippen LogP contribution in [0.2, 0.25) is 0 Å². The van der Waals surface area contributed by atoms with Crippen molar-refractivity contribution in [2.24, 2.45) is 5.41 Å². The predicted octanol–water partition coefficient (Wildman–Crippen LogP) is -1.66. The van der Waals surface area contributed by atoms with Crippen molar-refractivity contribution in [3.8, 4) is 0 Å². The highest BCUT2D eigenvalue weighted by atomic mass is 32.1. The molecular weight excluding hydrogens is 212 g/mol. The van der Waals surface area contributed by atoms with E-state index in [1.165, 1.54) is 6.92 Å². The van der Waals surface area contributed by atoms with Crippen LogP contribution in [0, 0.1) is 5.41 Å². The Labute approximate surface area is 87.8 Å². The molecule has 0 aliphatic rings. The summed E-state index contributed by atoms with van der Waals surface area (Å²) < 4.78 is 3.81. The zero-order valence-corrected chi connectivity index (χ0v) is 8.78. The molecule has 0 rings (SSSR count). The summed E-state index contributed by atoms with van der Waals surface area (Å²) in [6, 6.07) is 0. The van der Waals surface area contributed by atoms with Gasteiger partial charge in [0.25, 0.3) is 0 Å². The molecule has 0 saturated heterocycles. The monoisotopic (exact) mass is 228 g/mol. The summed E-state index contributed by atoms with van der Waals surface area (Å²) in [4.78, 5) is 9.51. The summed E-state index contributed by atoms with van der Waals surface area (Å²) in [5.41, 5.74) is -1.11.